The second-order valence-corrected chi connectivity index (χ2v) is 9.09. The number of halogens is 1. The molecule has 0 aliphatic carbocycles. The largest absolute Gasteiger partial charge is 0.494 e. The Balaban J connectivity index is 1.87. The minimum Gasteiger partial charge on any atom is -0.494 e. The van der Waals surface area contributed by atoms with Crippen LogP contribution in [-0.2, 0) is 17.9 Å². The molecule has 1 N–H and O–H groups in total. The summed E-state index contributed by atoms with van der Waals surface area (Å²) in [6, 6.07) is 3.95. The van der Waals surface area contributed by atoms with Crippen molar-refractivity contribution in [3.8, 4) is 5.75 Å². The number of amides is 3. The Bertz CT molecular complexity index is 1120. The van der Waals surface area contributed by atoms with Gasteiger partial charge >= 0.3 is 6.03 Å². The summed E-state index contributed by atoms with van der Waals surface area (Å²) in [5, 5.41) is 13.1. The van der Waals surface area contributed by atoms with Crippen molar-refractivity contribution in [2.75, 3.05) is 12.0 Å². The van der Waals surface area contributed by atoms with Gasteiger partial charge in [-0.1, -0.05) is 6.07 Å². The van der Waals surface area contributed by atoms with Gasteiger partial charge in [-0.05, 0) is 56.3 Å². The Morgan fingerprint density at radius 3 is 2.53 bits per heavy atom. The van der Waals surface area contributed by atoms with E-state index in [4.69, 9.17) is 10.1 Å². The molecule has 1 saturated heterocycles. The number of ether oxygens (including phenoxy) is 1. The number of carbonyl (C=O) groups excluding carboxylic acids is 2. The van der Waals surface area contributed by atoms with E-state index in [1.165, 1.54) is 30.3 Å². The zero-order valence-corrected chi connectivity index (χ0v) is 19.9. The molecular weight excluding hydrogens is 432 g/mol. The van der Waals surface area contributed by atoms with Crippen LogP contribution >= 0.6 is 9.24 Å². The SMILES string of the molecule is COc1ccc(CN2C(=O)N(c3cnn(C/C(C(C)=N)=C(\C)P)c3)C(=O)C2(C)C)cc1F. The van der Waals surface area contributed by atoms with Crippen molar-refractivity contribution in [3.63, 3.8) is 0 Å². The minimum absolute atomic E-state index is 0.0647. The van der Waals surface area contributed by atoms with E-state index in [2.05, 4.69) is 14.3 Å². The van der Waals surface area contributed by atoms with E-state index in [1.807, 2.05) is 6.92 Å². The molecule has 3 amide bonds. The number of urea groups is 1. The lowest BCUT2D eigenvalue weighted by molar-refractivity contribution is -0.123. The molecule has 1 aromatic heterocycles. The first-order valence-corrected chi connectivity index (χ1v) is 10.6. The maximum absolute atomic E-state index is 14.1. The highest BCUT2D eigenvalue weighted by atomic mass is 31.0. The topological polar surface area (TPSA) is 91.5 Å². The number of nitrogens with zero attached hydrogens (tertiary/aromatic N) is 4. The molecule has 2 heterocycles. The van der Waals surface area contributed by atoms with Crippen molar-refractivity contribution >= 4 is 32.6 Å². The Hall–Kier alpha value is -3.06. The van der Waals surface area contributed by atoms with Gasteiger partial charge in [-0.25, -0.2) is 14.1 Å². The van der Waals surface area contributed by atoms with Crippen molar-refractivity contribution in [1.29, 1.82) is 5.41 Å². The van der Waals surface area contributed by atoms with Crippen molar-refractivity contribution in [2.24, 2.45) is 0 Å². The fourth-order valence-corrected chi connectivity index (χ4v) is 3.88. The van der Waals surface area contributed by atoms with Crippen molar-refractivity contribution in [3.05, 3.63) is 52.9 Å². The zero-order chi connectivity index (χ0) is 23.8. The predicted molar refractivity (Wildman–Crippen MR) is 123 cm³/mol. The number of imide groups is 1. The van der Waals surface area contributed by atoms with Crippen molar-refractivity contribution < 1.29 is 18.7 Å². The number of anilines is 1. The Kier molecular flexibility index (Phi) is 6.51. The van der Waals surface area contributed by atoms with Crippen LogP contribution in [0.4, 0.5) is 14.9 Å². The van der Waals surface area contributed by atoms with Crippen LogP contribution in [0.15, 0.2) is 41.5 Å². The number of carbonyl (C=O) groups is 2. The van der Waals surface area contributed by atoms with E-state index in [0.717, 1.165) is 15.8 Å². The quantitative estimate of drug-likeness (QED) is 0.385. The third-order valence-electron chi connectivity index (χ3n) is 5.51. The summed E-state index contributed by atoms with van der Waals surface area (Å²) in [5.41, 5.74) is 0.985. The summed E-state index contributed by atoms with van der Waals surface area (Å²) >= 11 is 0. The van der Waals surface area contributed by atoms with Gasteiger partial charge < -0.3 is 15.0 Å². The molecule has 3 rings (SSSR count). The van der Waals surface area contributed by atoms with Gasteiger partial charge in [0.05, 0.1) is 25.5 Å². The van der Waals surface area contributed by atoms with E-state index < -0.39 is 23.3 Å². The van der Waals surface area contributed by atoms with Crippen molar-refractivity contribution in [1.82, 2.24) is 14.7 Å². The Morgan fingerprint density at radius 1 is 1.28 bits per heavy atom. The number of aromatic nitrogens is 2. The van der Waals surface area contributed by atoms with Crippen LogP contribution in [-0.4, -0.2) is 45.0 Å². The second-order valence-electron chi connectivity index (χ2n) is 8.22. The van der Waals surface area contributed by atoms with E-state index in [-0.39, 0.29) is 12.3 Å². The molecule has 1 aliphatic heterocycles. The predicted octanol–water partition coefficient (Wildman–Crippen LogP) is 3.97. The molecule has 8 nitrogen and oxygen atoms in total. The summed E-state index contributed by atoms with van der Waals surface area (Å²) in [6.07, 6.45) is 3.07. The summed E-state index contributed by atoms with van der Waals surface area (Å²) in [5.74, 6) is -0.814. The number of rotatable bonds is 7. The van der Waals surface area contributed by atoms with E-state index >= 15 is 0 Å². The highest BCUT2D eigenvalue weighted by Gasteiger charge is 2.52. The van der Waals surface area contributed by atoms with Gasteiger partial charge in [0.15, 0.2) is 11.6 Å². The monoisotopic (exact) mass is 459 g/mol. The van der Waals surface area contributed by atoms with Crippen LogP contribution in [0.5, 0.6) is 5.75 Å². The van der Waals surface area contributed by atoms with E-state index in [0.29, 0.717) is 23.5 Å². The lowest BCUT2D eigenvalue weighted by atomic mass is 10.0. The Morgan fingerprint density at radius 2 is 1.97 bits per heavy atom. The van der Waals surface area contributed by atoms with Gasteiger partial charge in [-0.2, -0.15) is 5.10 Å². The molecule has 0 saturated carbocycles. The summed E-state index contributed by atoms with van der Waals surface area (Å²) in [6.45, 7) is 7.32. The maximum Gasteiger partial charge on any atom is 0.332 e. The first-order valence-electron chi connectivity index (χ1n) is 9.99. The average molecular weight is 459 g/mol. The highest BCUT2D eigenvalue weighted by molar-refractivity contribution is 7.22. The minimum atomic E-state index is -1.12. The molecular formula is C22H27FN5O3P. The van der Waals surface area contributed by atoms with Gasteiger partial charge in [-0.3, -0.25) is 9.48 Å². The molecule has 1 fully saturated rings. The van der Waals surface area contributed by atoms with E-state index in [1.54, 1.807) is 37.7 Å². The lowest BCUT2D eigenvalue weighted by Gasteiger charge is -2.27. The van der Waals surface area contributed by atoms with Gasteiger partial charge in [0.2, 0.25) is 0 Å². The molecule has 1 aromatic carbocycles. The highest BCUT2D eigenvalue weighted by Crippen LogP contribution is 2.33. The molecule has 1 atom stereocenters. The standard InChI is InChI=1S/C22H27FN5O3P/c1-13(24)17(14(2)32)12-26-11-16(9-25-26)28-20(29)22(3,4)27(21(28)30)10-15-6-7-19(31-5)18(23)8-15/h6-9,11,24H,10,12,32H2,1-5H3/b17-14-,24-13?. The number of hydrogen-bond acceptors (Lipinski definition) is 5. The normalized spacial score (nSPS) is 16.5. The van der Waals surface area contributed by atoms with Crippen molar-refractivity contribution in [2.45, 2.75) is 46.3 Å². The maximum atomic E-state index is 14.1. The van der Waals surface area contributed by atoms with Crippen LogP contribution in [0.2, 0.25) is 0 Å². The lowest BCUT2D eigenvalue weighted by Crippen LogP contribution is -2.43. The zero-order valence-electron chi connectivity index (χ0n) is 18.8. The van der Waals surface area contributed by atoms with Gasteiger partial charge in [0.25, 0.3) is 5.91 Å². The first-order chi connectivity index (χ1) is 15.0. The third-order valence-corrected chi connectivity index (χ3v) is 5.86. The molecule has 0 bridgehead atoms. The van der Waals surface area contributed by atoms with Crippen LogP contribution < -0.4 is 9.64 Å². The molecule has 170 valence electrons. The van der Waals surface area contributed by atoms with Crippen LogP contribution in [0.3, 0.4) is 0 Å². The summed E-state index contributed by atoms with van der Waals surface area (Å²) < 4.78 is 20.6. The molecule has 32 heavy (non-hydrogen) atoms. The number of nitrogens with one attached hydrogen (secondary N) is 1. The average Bonchev–Trinajstić information content (AvgIpc) is 3.23. The van der Waals surface area contributed by atoms with Gasteiger partial charge in [0, 0.05) is 18.5 Å². The van der Waals surface area contributed by atoms with Gasteiger partial charge in [0.1, 0.15) is 5.54 Å². The molecule has 0 spiro atoms. The first kappa shape index (κ1) is 23.6. The third kappa shape index (κ3) is 4.30. The van der Waals surface area contributed by atoms with Crippen LogP contribution in [0, 0.1) is 11.2 Å². The molecule has 10 heteroatoms. The number of benzene rings is 1. The molecule has 0 radical (unpaired) electrons. The second kappa shape index (κ2) is 8.82. The number of hydrogen-bond donors (Lipinski definition) is 1. The Labute approximate surface area is 188 Å². The molecule has 2 aromatic rings. The molecule has 1 unspecified atom stereocenters. The fourth-order valence-electron chi connectivity index (χ4n) is 3.58. The smallest absolute Gasteiger partial charge is 0.332 e. The van der Waals surface area contributed by atoms with Gasteiger partial charge in [-0.15, -0.1) is 9.24 Å². The summed E-state index contributed by atoms with van der Waals surface area (Å²) in [4.78, 5) is 28.9. The molecule has 1 aliphatic rings. The number of methoxy groups -OCH3 is 1. The van der Waals surface area contributed by atoms with E-state index in [9.17, 15) is 14.0 Å². The summed E-state index contributed by atoms with van der Waals surface area (Å²) in [7, 11) is 3.96. The fraction of sp³-hybridized carbons (Fsp3) is 0.364. The van der Waals surface area contributed by atoms with Crippen LogP contribution in [0.1, 0.15) is 33.3 Å². The van der Waals surface area contributed by atoms with Crippen LogP contribution in [0.25, 0.3) is 0 Å². The number of allylic oxidation sites excluding steroid dienone is 2.